The van der Waals surface area contributed by atoms with Gasteiger partial charge in [-0.1, -0.05) is 48.0 Å². The topological polar surface area (TPSA) is 20.3 Å². The van der Waals surface area contributed by atoms with Gasteiger partial charge >= 0.3 is 0 Å². The summed E-state index contributed by atoms with van der Waals surface area (Å²) in [7, 11) is 0. The van der Waals surface area contributed by atoms with Crippen LogP contribution in [0.3, 0.4) is 0 Å². The second-order valence-electron chi connectivity index (χ2n) is 5.18. The largest absolute Gasteiger partial charge is 0.366 e. The number of hydrogen-bond acceptors (Lipinski definition) is 2. The second kappa shape index (κ2) is 5.33. The third-order valence-electron chi connectivity index (χ3n) is 3.61. The molecule has 3 rings (SSSR count). The van der Waals surface area contributed by atoms with Crippen LogP contribution in [-0.2, 0) is 0 Å². The number of fused-ring (bicyclic) bond motifs is 1. The van der Waals surface area contributed by atoms with Gasteiger partial charge < -0.3 is 4.90 Å². The normalized spacial score (nSPS) is 14.4. The number of allylic oxidation sites excluding steroid dienone is 2. The predicted octanol–water partition coefficient (Wildman–Crippen LogP) is 3.80. The number of carbonyl (C=O) groups is 1. The van der Waals surface area contributed by atoms with Gasteiger partial charge in [0.2, 0.25) is 0 Å². The summed E-state index contributed by atoms with van der Waals surface area (Å²) in [4.78, 5) is 14.4. The summed E-state index contributed by atoms with van der Waals surface area (Å²) < 4.78 is 0. The molecule has 0 saturated heterocycles. The summed E-state index contributed by atoms with van der Waals surface area (Å²) in [5.74, 6) is 0.161. The molecular formula is C18H17NO. The Kier molecular flexibility index (Phi) is 3.38. The average molecular weight is 263 g/mol. The Balaban J connectivity index is 1.77. The Labute approximate surface area is 119 Å². The minimum absolute atomic E-state index is 0.161. The molecule has 0 atom stereocenters. The standard InChI is InChI=1S/C18H17NO/c1-14-8-10-19(11-9-14)13-18(20)17-7-6-15-4-2-3-5-16(15)12-17/h2-10,12H,11,13H2,1H3. The van der Waals surface area contributed by atoms with Crippen molar-refractivity contribution in [3.8, 4) is 0 Å². The molecule has 0 fully saturated rings. The van der Waals surface area contributed by atoms with Gasteiger partial charge in [0, 0.05) is 18.3 Å². The van der Waals surface area contributed by atoms with Crippen LogP contribution in [0.5, 0.6) is 0 Å². The zero-order valence-electron chi connectivity index (χ0n) is 11.5. The van der Waals surface area contributed by atoms with E-state index >= 15 is 0 Å². The van der Waals surface area contributed by atoms with Crippen LogP contribution < -0.4 is 0 Å². The Morgan fingerprint density at radius 1 is 1.15 bits per heavy atom. The summed E-state index contributed by atoms with van der Waals surface area (Å²) >= 11 is 0. The molecule has 1 aliphatic heterocycles. The molecule has 2 aromatic rings. The van der Waals surface area contributed by atoms with Crippen molar-refractivity contribution in [2.75, 3.05) is 13.1 Å². The van der Waals surface area contributed by atoms with Crippen LogP contribution >= 0.6 is 0 Å². The molecule has 100 valence electrons. The smallest absolute Gasteiger partial charge is 0.182 e. The minimum Gasteiger partial charge on any atom is -0.366 e. The van der Waals surface area contributed by atoms with Gasteiger partial charge in [-0.15, -0.1) is 0 Å². The monoisotopic (exact) mass is 263 g/mol. The molecule has 0 bridgehead atoms. The fourth-order valence-electron chi connectivity index (χ4n) is 2.37. The van der Waals surface area contributed by atoms with Crippen LogP contribution in [0.1, 0.15) is 17.3 Å². The minimum atomic E-state index is 0.161. The molecular weight excluding hydrogens is 246 g/mol. The lowest BCUT2D eigenvalue weighted by Gasteiger charge is -2.21. The van der Waals surface area contributed by atoms with E-state index in [0.717, 1.165) is 17.5 Å². The van der Waals surface area contributed by atoms with Crippen LogP contribution in [0.15, 0.2) is 66.4 Å². The molecule has 0 radical (unpaired) electrons. The van der Waals surface area contributed by atoms with Crippen LogP contribution in [0, 0.1) is 0 Å². The summed E-state index contributed by atoms with van der Waals surface area (Å²) in [6.07, 6.45) is 6.17. The molecule has 0 saturated carbocycles. The van der Waals surface area contributed by atoms with Crippen LogP contribution in [0.2, 0.25) is 0 Å². The molecule has 0 N–H and O–H groups in total. The Hall–Kier alpha value is -2.35. The van der Waals surface area contributed by atoms with E-state index in [-0.39, 0.29) is 5.78 Å². The van der Waals surface area contributed by atoms with Gasteiger partial charge in [0.15, 0.2) is 5.78 Å². The average Bonchev–Trinajstić information content (AvgIpc) is 2.49. The third kappa shape index (κ3) is 2.64. The lowest BCUT2D eigenvalue weighted by molar-refractivity contribution is 0.0959. The molecule has 0 unspecified atom stereocenters. The Bertz CT molecular complexity index is 712. The van der Waals surface area contributed by atoms with E-state index in [2.05, 4.69) is 19.1 Å². The Morgan fingerprint density at radius 2 is 1.95 bits per heavy atom. The number of ketones is 1. The maximum absolute atomic E-state index is 12.3. The first-order valence-corrected chi connectivity index (χ1v) is 6.83. The van der Waals surface area contributed by atoms with Crippen molar-refractivity contribution >= 4 is 16.6 Å². The first-order valence-electron chi connectivity index (χ1n) is 6.83. The summed E-state index contributed by atoms with van der Waals surface area (Å²) in [6.45, 7) is 3.30. The number of hydrogen-bond donors (Lipinski definition) is 0. The van der Waals surface area contributed by atoms with E-state index < -0.39 is 0 Å². The Morgan fingerprint density at radius 3 is 2.70 bits per heavy atom. The summed E-state index contributed by atoms with van der Waals surface area (Å²) in [5.41, 5.74) is 2.03. The highest BCUT2D eigenvalue weighted by Gasteiger charge is 2.11. The van der Waals surface area contributed by atoms with Gasteiger partial charge in [-0.05, 0) is 29.8 Å². The molecule has 0 aliphatic carbocycles. The molecule has 0 amide bonds. The lowest BCUT2D eigenvalue weighted by Crippen LogP contribution is -2.26. The quantitative estimate of drug-likeness (QED) is 0.785. The van der Waals surface area contributed by atoms with E-state index in [0.29, 0.717) is 6.54 Å². The first kappa shape index (κ1) is 12.7. The van der Waals surface area contributed by atoms with Gasteiger partial charge in [0.1, 0.15) is 0 Å². The number of benzene rings is 2. The fourth-order valence-corrected chi connectivity index (χ4v) is 2.37. The second-order valence-corrected chi connectivity index (χ2v) is 5.18. The van der Waals surface area contributed by atoms with Crippen molar-refractivity contribution in [2.24, 2.45) is 0 Å². The van der Waals surface area contributed by atoms with Crippen LogP contribution in [0.4, 0.5) is 0 Å². The number of carbonyl (C=O) groups excluding carboxylic acids is 1. The summed E-state index contributed by atoms with van der Waals surface area (Å²) in [5, 5.41) is 2.28. The van der Waals surface area contributed by atoms with Crippen molar-refractivity contribution in [3.05, 3.63) is 72.0 Å². The van der Waals surface area contributed by atoms with Crippen molar-refractivity contribution in [2.45, 2.75) is 6.92 Å². The molecule has 2 heteroatoms. The van der Waals surface area contributed by atoms with Gasteiger partial charge in [0.05, 0.1) is 6.54 Å². The maximum Gasteiger partial charge on any atom is 0.182 e. The number of rotatable bonds is 3. The van der Waals surface area contributed by atoms with E-state index in [1.165, 1.54) is 11.0 Å². The SMILES string of the molecule is CC1=CCN(CC(=O)c2ccc3ccccc3c2)C=C1. The molecule has 2 nitrogen and oxygen atoms in total. The van der Waals surface area contributed by atoms with Crippen LogP contribution in [-0.4, -0.2) is 23.8 Å². The van der Waals surface area contributed by atoms with Crippen molar-refractivity contribution in [1.29, 1.82) is 0 Å². The highest BCUT2D eigenvalue weighted by Crippen LogP contribution is 2.16. The molecule has 2 aromatic carbocycles. The van der Waals surface area contributed by atoms with E-state index in [4.69, 9.17) is 0 Å². The molecule has 0 aromatic heterocycles. The van der Waals surface area contributed by atoms with Gasteiger partial charge in [-0.3, -0.25) is 4.79 Å². The van der Waals surface area contributed by atoms with Crippen molar-refractivity contribution in [1.82, 2.24) is 4.90 Å². The fraction of sp³-hybridized carbons (Fsp3) is 0.167. The predicted molar refractivity (Wildman–Crippen MR) is 82.7 cm³/mol. The molecule has 1 heterocycles. The number of nitrogens with zero attached hydrogens (tertiary/aromatic N) is 1. The third-order valence-corrected chi connectivity index (χ3v) is 3.61. The molecule has 1 aliphatic rings. The maximum atomic E-state index is 12.3. The van der Waals surface area contributed by atoms with Gasteiger partial charge in [0.25, 0.3) is 0 Å². The zero-order valence-corrected chi connectivity index (χ0v) is 11.5. The van der Waals surface area contributed by atoms with E-state index in [1.807, 2.05) is 53.6 Å². The number of Topliss-reactive ketones (excluding diaryl/α,β-unsaturated/α-hetero) is 1. The van der Waals surface area contributed by atoms with Crippen molar-refractivity contribution < 1.29 is 4.79 Å². The van der Waals surface area contributed by atoms with E-state index in [1.54, 1.807) is 0 Å². The highest BCUT2D eigenvalue weighted by molar-refractivity contribution is 6.01. The van der Waals surface area contributed by atoms with Gasteiger partial charge in [-0.2, -0.15) is 0 Å². The zero-order chi connectivity index (χ0) is 13.9. The van der Waals surface area contributed by atoms with Crippen molar-refractivity contribution in [3.63, 3.8) is 0 Å². The van der Waals surface area contributed by atoms with E-state index in [9.17, 15) is 4.79 Å². The summed E-state index contributed by atoms with van der Waals surface area (Å²) in [6, 6.07) is 14.0. The molecule has 20 heavy (non-hydrogen) atoms. The lowest BCUT2D eigenvalue weighted by atomic mass is 10.0. The van der Waals surface area contributed by atoms with Crippen LogP contribution in [0.25, 0.3) is 10.8 Å². The highest BCUT2D eigenvalue weighted by atomic mass is 16.1. The first-order chi connectivity index (χ1) is 9.72. The molecule has 0 spiro atoms. The van der Waals surface area contributed by atoms with Gasteiger partial charge in [-0.25, -0.2) is 0 Å².